The van der Waals surface area contributed by atoms with E-state index in [1.807, 2.05) is 6.08 Å². The third-order valence-electron chi connectivity index (χ3n) is 13.7. The van der Waals surface area contributed by atoms with Gasteiger partial charge in [0.15, 0.2) is 6.29 Å². The summed E-state index contributed by atoms with van der Waals surface area (Å²) < 4.78 is 11.2. The van der Waals surface area contributed by atoms with E-state index in [0.29, 0.717) is 6.42 Å². The van der Waals surface area contributed by atoms with Gasteiger partial charge in [-0.2, -0.15) is 0 Å². The Kier molecular flexibility index (Phi) is 45.5. The highest BCUT2D eigenvalue weighted by Crippen LogP contribution is 2.23. The zero-order valence-electron chi connectivity index (χ0n) is 43.7. The minimum atomic E-state index is -1.57. The molecule has 6 N–H and O–H groups in total. The van der Waals surface area contributed by atoms with Crippen LogP contribution >= 0.6 is 0 Å². The molecule has 0 aromatic heterocycles. The maximum absolute atomic E-state index is 13.0. The Labute approximate surface area is 412 Å². The van der Waals surface area contributed by atoms with Crippen molar-refractivity contribution < 1.29 is 39.8 Å². The Morgan fingerprint density at radius 1 is 0.493 bits per heavy atom. The highest BCUT2D eigenvalue weighted by Gasteiger charge is 2.44. The van der Waals surface area contributed by atoms with E-state index >= 15 is 0 Å². The van der Waals surface area contributed by atoms with Crippen LogP contribution < -0.4 is 5.32 Å². The molecule has 9 heteroatoms. The normalized spacial score (nSPS) is 19.9. The van der Waals surface area contributed by atoms with Crippen LogP contribution in [0, 0.1) is 0 Å². The fourth-order valence-electron chi connectivity index (χ4n) is 9.11. The number of allylic oxidation sites excluding steroid dienone is 5. The SMILES string of the molecule is CCCCCC/C=C\CCCCCCCC(=O)NC(COC1OC(CO)C(O)C(O)C1O)C(O)/C=C/CC/C=C/CCCCCCCCCCCCCCCCCCCCCCCCCCC. The monoisotopic (exact) mass is 948 g/mol. The molecule has 67 heavy (non-hydrogen) atoms. The molecule has 7 atom stereocenters. The van der Waals surface area contributed by atoms with Crippen LogP contribution in [0.2, 0.25) is 0 Å². The summed E-state index contributed by atoms with van der Waals surface area (Å²) in [6.45, 7) is 3.76. The lowest BCUT2D eigenvalue weighted by atomic mass is 9.99. The van der Waals surface area contributed by atoms with E-state index in [1.54, 1.807) is 6.08 Å². The van der Waals surface area contributed by atoms with E-state index in [1.165, 1.54) is 193 Å². The number of carbonyl (C=O) groups excluding carboxylic acids is 1. The average molecular weight is 949 g/mol. The van der Waals surface area contributed by atoms with Crippen molar-refractivity contribution in [2.24, 2.45) is 0 Å². The molecular weight excluding hydrogens is 839 g/mol. The minimum Gasteiger partial charge on any atom is -0.394 e. The highest BCUT2D eigenvalue weighted by atomic mass is 16.7. The molecule has 1 rings (SSSR count). The van der Waals surface area contributed by atoms with Gasteiger partial charge in [-0.1, -0.05) is 243 Å². The van der Waals surface area contributed by atoms with E-state index in [4.69, 9.17) is 9.47 Å². The largest absolute Gasteiger partial charge is 0.394 e. The summed E-state index contributed by atoms with van der Waals surface area (Å²) >= 11 is 0. The topological polar surface area (TPSA) is 149 Å². The Bertz CT molecular complexity index is 1150. The summed E-state index contributed by atoms with van der Waals surface area (Å²) in [5.74, 6) is -0.195. The molecule has 1 aliphatic rings. The first-order valence-electron chi connectivity index (χ1n) is 28.7. The number of nitrogens with one attached hydrogen (secondary N) is 1. The number of hydrogen-bond acceptors (Lipinski definition) is 8. The summed E-state index contributed by atoms with van der Waals surface area (Å²) in [7, 11) is 0. The number of rotatable bonds is 49. The summed E-state index contributed by atoms with van der Waals surface area (Å²) in [6.07, 6.45) is 55.2. The van der Waals surface area contributed by atoms with E-state index in [2.05, 4.69) is 43.5 Å². The highest BCUT2D eigenvalue weighted by molar-refractivity contribution is 5.76. The maximum Gasteiger partial charge on any atom is 0.220 e. The zero-order valence-corrected chi connectivity index (χ0v) is 43.7. The molecule has 0 spiro atoms. The second-order valence-electron chi connectivity index (χ2n) is 20.1. The number of ether oxygens (including phenoxy) is 2. The molecule has 0 radical (unpaired) electrons. The average Bonchev–Trinajstić information content (AvgIpc) is 3.33. The van der Waals surface area contributed by atoms with E-state index in [0.717, 1.165) is 57.8 Å². The molecule has 1 aliphatic heterocycles. The Hall–Kier alpha value is -1.59. The lowest BCUT2D eigenvalue weighted by Gasteiger charge is -2.40. The number of aliphatic hydroxyl groups excluding tert-OH is 5. The second kappa shape index (κ2) is 48.1. The van der Waals surface area contributed by atoms with Gasteiger partial charge in [-0.05, 0) is 57.8 Å². The van der Waals surface area contributed by atoms with Crippen LogP contribution in [0.15, 0.2) is 36.5 Å². The fourth-order valence-corrected chi connectivity index (χ4v) is 9.11. The van der Waals surface area contributed by atoms with Gasteiger partial charge < -0.3 is 40.3 Å². The van der Waals surface area contributed by atoms with Crippen molar-refractivity contribution in [2.45, 2.75) is 314 Å². The smallest absolute Gasteiger partial charge is 0.220 e. The molecule has 0 bridgehead atoms. The van der Waals surface area contributed by atoms with Gasteiger partial charge in [-0.3, -0.25) is 4.79 Å². The number of aliphatic hydroxyl groups is 5. The molecular formula is C58H109NO8. The number of carbonyl (C=O) groups is 1. The summed E-state index contributed by atoms with van der Waals surface area (Å²) in [4.78, 5) is 13.0. The van der Waals surface area contributed by atoms with Crippen molar-refractivity contribution in [3.8, 4) is 0 Å². The molecule has 0 saturated carbocycles. The van der Waals surface area contributed by atoms with Crippen LogP contribution in [0.3, 0.4) is 0 Å². The van der Waals surface area contributed by atoms with Crippen LogP contribution in [-0.2, 0) is 14.3 Å². The predicted molar refractivity (Wildman–Crippen MR) is 281 cm³/mol. The molecule has 0 aromatic carbocycles. The molecule has 1 heterocycles. The van der Waals surface area contributed by atoms with Gasteiger partial charge in [-0.25, -0.2) is 0 Å². The fraction of sp³-hybridized carbons (Fsp3) is 0.879. The number of amides is 1. The zero-order chi connectivity index (χ0) is 48.7. The lowest BCUT2D eigenvalue weighted by molar-refractivity contribution is -0.302. The standard InChI is InChI=1S/C58H109NO8/c1-3-5-7-9-11-13-15-17-18-19-20-21-22-23-24-25-26-27-28-29-30-31-32-33-34-36-37-39-41-43-45-47-52(61)51(50-66-58-57(65)56(64)55(63)53(49-60)67-58)59-54(62)48-46-44-42-40-38-35-16-14-12-10-8-6-4-2/h14,16,37,39,45,47,51-53,55-58,60-61,63-65H,3-13,15,17-36,38,40-44,46,48-50H2,1-2H3,(H,59,62)/b16-14-,39-37+,47-45+. The first-order chi connectivity index (χ1) is 32.8. The van der Waals surface area contributed by atoms with Gasteiger partial charge >= 0.3 is 0 Å². The van der Waals surface area contributed by atoms with E-state index in [9.17, 15) is 30.3 Å². The van der Waals surface area contributed by atoms with E-state index in [-0.39, 0.29) is 12.5 Å². The van der Waals surface area contributed by atoms with Crippen LogP contribution in [-0.4, -0.2) is 87.5 Å². The third kappa shape index (κ3) is 37.9. The molecule has 1 amide bonds. The molecule has 1 fully saturated rings. The van der Waals surface area contributed by atoms with Crippen molar-refractivity contribution in [2.75, 3.05) is 13.2 Å². The molecule has 394 valence electrons. The van der Waals surface area contributed by atoms with Crippen LogP contribution in [0.4, 0.5) is 0 Å². The van der Waals surface area contributed by atoms with Gasteiger partial charge in [0.2, 0.25) is 5.91 Å². The van der Waals surface area contributed by atoms with Gasteiger partial charge in [0.1, 0.15) is 24.4 Å². The molecule has 0 aromatic rings. The van der Waals surface area contributed by atoms with Crippen molar-refractivity contribution in [1.29, 1.82) is 0 Å². The molecule has 7 unspecified atom stereocenters. The molecule has 0 aliphatic carbocycles. The first kappa shape index (κ1) is 63.4. The van der Waals surface area contributed by atoms with Crippen molar-refractivity contribution in [3.05, 3.63) is 36.5 Å². The first-order valence-corrected chi connectivity index (χ1v) is 28.7. The third-order valence-corrected chi connectivity index (χ3v) is 13.7. The van der Waals surface area contributed by atoms with Crippen LogP contribution in [0.1, 0.15) is 271 Å². The van der Waals surface area contributed by atoms with Crippen LogP contribution in [0.5, 0.6) is 0 Å². The van der Waals surface area contributed by atoms with Gasteiger partial charge in [0.05, 0.1) is 25.4 Å². The van der Waals surface area contributed by atoms with Crippen LogP contribution in [0.25, 0.3) is 0 Å². The quantitative estimate of drug-likeness (QED) is 0.0261. The summed E-state index contributed by atoms with van der Waals surface area (Å²) in [5, 5.41) is 54.4. The van der Waals surface area contributed by atoms with Crippen molar-refractivity contribution in [3.63, 3.8) is 0 Å². The van der Waals surface area contributed by atoms with Gasteiger partial charge in [-0.15, -0.1) is 0 Å². The Morgan fingerprint density at radius 2 is 0.851 bits per heavy atom. The minimum absolute atomic E-state index is 0.195. The lowest BCUT2D eigenvalue weighted by Crippen LogP contribution is -2.60. The number of unbranched alkanes of at least 4 members (excludes halogenated alkanes) is 35. The predicted octanol–water partition coefficient (Wildman–Crippen LogP) is 14.0. The van der Waals surface area contributed by atoms with Crippen molar-refractivity contribution >= 4 is 5.91 Å². The maximum atomic E-state index is 13.0. The van der Waals surface area contributed by atoms with Gasteiger partial charge in [0.25, 0.3) is 0 Å². The van der Waals surface area contributed by atoms with Crippen molar-refractivity contribution in [1.82, 2.24) is 5.32 Å². The van der Waals surface area contributed by atoms with E-state index < -0.39 is 49.5 Å². The number of hydrogen-bond donors (Lipinski definition) is 6. The Balaban J connectivity index is 2.18. The molecule has 1 saturated heterocycles. The Morgan fingerprint density at radius 3 is 1.27 bits per heavy atom. The summed E-state index contributed by atoms with van der Waals surface area (Å²) in [6, 6.07) is -0.825. The second-order valence-corrected chi connectivity index (χ2v) is 20.1. The molecule has 9 nitrogen and oxygen atoms in total. The van der Waals surface area contributed by atoms with Gasteiger partial charge in [0, 0.05) is 6.42 Å². The summed E-state index contributed by atoms with van der Waals surface area (Å²) in [5.41, 5.74) is 0.